The summed E-state index contributed by atoms with van der Waals surface area (Å²) in [4.78, 5) is 27.0. The molecule has 1 fully saturated rings. The quantitative estimate of drug-likeness (QED) is 0.394. The Kier molecular flexibility index (Phi) is 5.98. The predicted octanol–water partition coefficient (Wildman–Crippen LogP) is 5.12. The van der Waals surface area contributed by atoms with E-state index >= 15 is 0 Å². The van der Waals surface area contributed by atoms with Gasteiger partial charge in [0.25, 0.3) is 11.7 Å². The van der Waals surface area contributed by atoms with E-state index in [4.69, 9.17) is 0 Å². The summed E-state index contributed by atoms with van der Waals surface area (Å²) in [6, 6.07) is 10.2. The number of halogens is 2. The van der Waals surface area contributed by atoms with Gasteiger partial charge < -0.3 is 10.0 Å². The molecule has 146 valence electrons. The van der Waals surface area contributed by atoms with Crippen LogP contribution in [0.5, 0.6) is 0 Å². The minimum atomic E-state index is -0.740. The summed E-state index contributed by atoms with van der Waals surface area (Å²) in [5, 5.41) is 10.9. The lowest BCUT2D eigenvalue weighted by Crippen LogP contribution is -2.30. The zero-order chi connectivity index (χ0) is 20.4. The molecule has 1 aliphatic rings. The van der Waals surface area contributed by atoms with Crippen molar-refractivity contribution in [1.82, 2.24) is 4.90 Å². The van der Waals surface area contributed by atoms with Crippen molar-refractivity contribution in [3.63, 3.8) is 0 Å². The van der Waals surface area contributed by atoms with E-state index in [1.54, 1.807) is 30.3 Å². The average Bonchev–Trinajstić information content (AvgIpc) is 2.93. The second-order valence-electron chi connectivity index (χ2n) is 6.86. The molecule has 1 saturated heterocycles. The monoisotopic (exact) mass is 445 g/mol. The Morgan fingerprint density at radius 3 is 2.46 bits per heavy atom. The topological polar surface area (TPSA) is 57.6 Å². The molecule has 2 aromatic carbocycles. The van der Waals surface area contributed by atoms with Crippen LogP contribution in [0.2, 0.25) is 0 Å². The average molecular weight is 446 g/mol. The van der Waals surface area contributed by atoms with Crippen molar-refractivity contribution in [1.29, 1.82) is 0 Å². The van der Waals surface area contributed by atoms with Gasteiger partial charge in [-0.1, -0.05) is 47.5 Å². The number of aryl methyl sites for hydroxylation is 1. The maximum atomic E-state index is 13.4. The summed E-state index contributed by atoms with van der Waals surface area (Å²) >= 11 is 3.41. The van der Waals surface area contributed by atoms with Crippen LogP contribution in [0.15, 0.2) is 52.5 Å². The highest BCUT2D eigenvalue weighted by Gasteiger charge is 2.45. The van der Waals surface area contributed by atoms with Gasteiger partial charge in [-0.25, -0.2) is 4.39 Å². The van der Waals surface area contributed by atoms with Crippen LogP contribution in [0.1, 0.15) is 42.5 Å². The lowest BCUT2D eigenvalue weighted by atomic mass is 9.95. The van der Waals surface area contributed by atoms with E-state index in [1.165, 1.54) is 17.0 Å². The van der Waals surface area contributed by atoms with Crippen LogP contribution in [0.4, 0.5) is 4.39 Å². The Balaban J connectivity index is 2.17. The van der Waals surface area contributed by atoms with Gasteiger partial charge in [0.05, 0.1) is 11.6 Å². The first-order chi connectivity index (χ1) is 13.3. The molecule has 1 atom stereocenters. The van der Waals surface area contributed by atoms with Crippen molar-refractivity contribution >= 4 is 33.4 Å². The van der Waals surface area contributed by atoms with E-state index < -0.39 is 23.5 Å². The van der Waals surface area contributed by atoms with Crippen molar-refractivity contribution in [3.05, 3.63) is 75.0 Å². The van der Waals surface area contributed by atoms with Crippen LogP contribution in [0.3, 0.4) is 0 Å². The van der Waals surface area contributed by atoms with Gasteiger partial charge in [-0.15, -0.1) is 0 Å². The number of amides is 1. The first-order valence-corrected chi connectivity index (χ1v) is 9.94. The van der Waals surface area contributed by atoms with Crippen LogP contribution in [0, 0.1) is 12.7 Å². The predicted molar refractivity (Wildman–Crippen MR) is 109 cm³/mol. The summed E-state index contributed by atoms with van der Waals surface area (Å²) in [7, 11) is 0. The molecule has 4 nitrogen and oxygen atoms in total. The van der Waals surface area contributed by atoms with E-state index in [1.807, 2.05) is 13.8 Å². The third kappa shape index (κ3) is 3.74. The molecule has 0 radical (unpaired) electrons. The number of ketones is 1. The van der Waals surface area contributed by atoms with Gasteiger partial charge in [0.2, 0.25) is 0 Å². The maximum Gasteiger partial charge on any atom is 0.295 e. The van der Waals surface area contributed by atoms with Gasteiger partial charge in [0.1, 0.15) is 11.6 Å². The molecule has 0 spiro atoms. The molecule has 1 N–H and O–H groups in total. The SMILES string of the molecule is CCCCN1C(=O)C(=O)/C(=C(\O)c2ccc(Br)c(C)c2)C1c1ccc(F)cc1. The molecule has 6 heteroatoms. The molecule has 0 bridgehead atoms. The van der Waals surface area contributed by atoms with E-state index in [0.717, 1.165) is 22.9 Å². The normalized spacial score (nSPS) is 18.7. The maximum absolute atomic E-state index is 13.4. The molecule has 28 heavy (non-hydrogen) atoms. The Morgan fingerprint density at radius 2 is 1.86 bits per heavy atom. The largest absolute Gasteiger partial charge is 0.507 e. The number of benzene rings is 2. The number of rotatable bonds is 5. The summed E-state index contributed by atoms with van der Waals surface area (Å²) in [5.74, 6) is -1.98. The molecule has 1 unspecified atom stereocenters. The van der Waals surface area contributed by atoms with Gasteiger partial charge >= 0.3 is 0 Å². The molecular weight excluding hydrogens is 425 g/mol. The highest BCUT2D eigenvalue weighted by Crippen LogP contribution is 2.39. The number of hydrogen-bond donors (Lipinski definition) is 1. The number of aliphatic hydroxyl groups is 1. The van der Waals surface area contributed by atoms with Crippen LogP contribution >= 0.6 is 15.9 Å². The van der Waals surface area contributed by atoms with E-state index in [-0.39, 0.29) is 11.3 Å². The minimum absolute atomic E-state index is 0.0365. The van der Waals surface area contributed by atoms with E-state index in [0.29, 0.717) is 17.7 Å². The smallest absolute Gasteiger partial charge is 0.295 e. The zero-order valence-electron chi connectivity index (χ0n) is 15.7. The molecule has 0 saturated carbocycles. The van der Waals surface area contributed by atoms with Crippen molar-refractivity contribution in [2.24, 2.45) is 0 Å². The van der Waals surface area contributed by atoms with Crippen molar-refractivity contribution in [2.45, 2.75) is 32.7 Å². The summed E-state index contributed by atoms with van der Waals surface area (Å²) in [5.41, 5.74) is 1.98. The highest BCUT2D eigenvalue weighted by atomic mass is 79.9. The van der Waals surface area contributed by atoms with Gasteiger partial charge in [-0.2, -0.15) is 0 Å². The molecule has 1 aliphatic heterocycles. The Morgan fingerprint density at radius 1 is 1.18 bits per heavy atom. The molecule has 0 aliphatic carbocycles. The van der Waals surface area contributed by atoms with Gasteiger partial charge in [0, 0.05) is 16.6 Å². The molecular formula is C22H21BrFNO3. The first kappa shape index (κ1) is 20.3. The Hall–Kier alpha value is -2.47. The van der Waals surface area contributed by atoms with E-state index in [2.05, 4.69) is 15.9 Å². The van der Waals surface area contributed by atoms with E-state index in [9.17, 15) is 19.1 Å². The van der Waals surface area contributed by atoms with Crippen molar-refractivity contribution in [2.75, 3.05) is 6.54 Å². The number of carbonyl (C=O) groups excluding carboxylic acids is 2. The number of hydrogen-bond acceptors (Lipinski definition) is 3. The standard InChI is InChI=1S/C22H21BrFNO3/c1-3-4-11-25-19(14-5-8-16(24)9-6-14)18(21(27)22(25)28)20(26)15-7-10-17(23)13(2)12-15/h5-10,12,19,26H,3-4,11H2,1-2H3/b20-18-. The molecule has 1 heterocycles. The van der Waals surface area contributed by atoms with Gasteiger partial charge in [-0.3, -0.25) is 9.59 Å². The number of aliphatic hydroxyl groups excluding tert-OH is 1. The zero-order valence-corrected chi connectivity index (χ0v) is 17.3. The van der Waals surface area contributed by atoms with Crippen LogP contribution in [-0.4, -0.2) is 28.2 Å². The van der Waals surface area contributed by atoms with Crippen molar-refractivity contribution < 1.29 is 19.1 Å². The fourth-order valence-corrected chi connectivity index (χ4v) is 3.62. The molecule has 1 amide bonds. The van der Waals surface area contributed by atoms with Gasteiger partial charge in [-0.05, 0) is 48.7 Å². The van der Waals surface area contributed by atoms with Crippen LogP contribution in [-0.2, 0) is 9.59 Å². The number of carbonyl (C=O) groups is 2. The second-order valence-corrected chi connectivity index (χ2v) is 7.72. The van der Waals surface area contributed by atoms with Crippen molar-refractivity contribution in [3.8, 4) is 0 Å². The number of nitrogens with zero attached hydrogens (tertiary/aromatic N) is 1. The molecule has 2 aromatic rings. The second kappa shape index (κ2) is 8.27. The van der Waals surface area contributed by atoms with Crippen LogP contribution < -0.4 is 0 Å². The lowest BCUT2D eigenvalue weighted by molar-refractivity contribution is -0.139. The first-order valence-electron chi connectivity index (χ1n) is 9.15. The third-order valence-electron chi connectivity index (χ3n) is 4.91. The fourth-order valence-electron chi connectivity index (χ4n) is 3.38. The summed E-state index contributed by atoms with van der Waals surface area (Å²) < 4.78 is 14.3. The third-order valence-corrected chi connectivity index (χ3v) is 5.80. The number of likely N-dealkylation sites (tertiary alicyclic amines) is 1. The fraction of sp³-hybridized carbons (Fsp3) is 0.273. The Labute approximate surface area is 171 Å². The highest BCUT2D eigenvalue weighted by molar-refractivity contribution is 9.10. The van der Waals surface area contributed by atoms with Crippen LogP contribution in [0.25, 0.3) is 5.76 Å². The molecule has 0 aromatic heterocycles. The summed E-state index contributed by atoms with van der Waals surface area (Å²) in [6.07, 6.45) is 1.58. The number of unbranched alkanes of at least 4 members (excludes halogenated alkanes) is 1. The van der Waals surface area contributed by atoms with Gasteiger partial charge in [0.15, 0.2) is 0 Å². The number of Topliss-reactive ketones (excluding diaryl/α,β-unsaturated/α-hetero) is 1. The summed E-state index contributed by atoms with van der Waals surface area (Å²) in [6.45, 7) is 4.26. The molecule has 3 rings (SSSR count). The lowest BCUT2D eigenvalue weighted by Gasteiger charge is -2.25. The Bertz CT molecular complexity index is 953. The minimum Gasteiger partial charge on any atom is -0.507 e.